The van der Waals surface area contributed by atoms with Gasteiger partial charge in [-0.05, 0) is 44.4 Å². The molecule has 13 heteroatoms. The highest BCUT2D eigenvalue weighted by molar-refractivity contribution is 7.47. The van der Waals surface area contributed by atoms with E-state index in [-0.39, 0.29) is 44.9 Å². The highest BCUT2D eigenvalue weighted by Gasteiger charge is 2.49. The molecular formula is C18H31O12P. The minimum Gasteiger partial charge on any atom is -0.481 e. The van der Waals surface area contributed by atoms with Gasteiger partial charge in [-0.1, -0.05) is 0 Å². The highest BCUT2D eigenvalue weighted by atomic mass is 31.2. The van der Waals surface area contributed by atoms with Crippen LogP contribution in [0, 0.1) is 11.3 Å². The summed E-state index contributed by atoms with van der Waals surface area (Å²) >= 11 is 0. The zero-order valence-electron chi connectivity index (χ0n) is 17.5. The van der Waals surface area contributed by atoms with E-state index < -0.39 is 62.2 Å². The Kier molecular flexibility index (Phi) is 10.5. The maximum absolute atomic E-state index is 12.0. The standard InChI is InChI=1S/C18H31O12P/c1-11(2)30-31(26,27)28-10-13-12(9-17(25)29-13)18(6-3-14(19)20,7-4-15(21)22)8-5-16(23)24/h11-13,17,25H,3-10H2,1-2H3,(H,19,20)(H,21,22)(H,23,24)(H,26,27). The summed E-state index contributed by atoms with van der Waals surface area (Å²) in [6.45, 7) is 2.57. The van der Waals surface area contributed by atoms with Crippen LogP contribution in [0.25, 0.3) is 0 Å². The van der Waals surface area contributed by atoms with Gasteiger partial charge in [0.15, 0.2) is 6.29 Å². The number of carboxylic acid groups (broad SMARTS) is 3. The van der Waals surface area contributed by atoms with Gasteiger partial charge in [0.25, 0.3) is 0 Å². The molecule has 0 bridgehead atoms. The summed E-state index contributed by atoms with van der Waals surface area (Å²) in [7, 11) is -4.44. The summed E-state index contributed by atoms with van der Waals surface area (Å²) in [5.41, 5.74) is -1.13. The van der Waals surface area contributed by atoms with Gasteiger partial charge in [-0.15, -0.1) is 0 Å². The third kappa shape index (κ3) is 9.63. The molecule has 4 atom stereocenters. The smallest absolute Gasteiger partial charge is 0.472 e. The Balaban J connectivity index is 3.18. The van der Waals surface area contributed by atoms with Gasteiger partial charge in [0.05, 0.1) is 18.8 Å². The Bertz CT molecular complexity index is 633. The van der Waals surface area contributed by atoms with Crippen LogP contribution in [0.4, 0.5) is 0 Å². The second-order valence-electron chi connectivity index (χ2n) is 7.93. The van der Waals surface area contributed by atoms with Crippen LogP contribution in [0.2, 0.25) is 0 Å². The van der Waals surface area contributed by atoms with Crippen LogP contribution in [0.5, 0.6) is 0 Å². The summed E-state index contributed by atoms with van der Waals surface area (Å²) in [6, 6.07) is 0. The molecule has 0 aromatic carbocycles. The summed E-state index contributed by atoms with van der Waals surface area (Å²) in [5, 5.41) is 37.5. The number of carbonyl (C=O) groups is 3. The molecule has 5 N–H and O–H groups in total. The third-order valence-corrected chi connectivity index (χ3v) is 6.44. The number of aliphatic hydroxyl groups excluding tert-OH is 1. The average molecular weight is 470 g/mol. The quantitative estimate of drug-likeness (QED) is 0.218. The molecule has 1 aliphatic rings. The molecule has 1 heterocycles. The first-order chi connectivity index (χ1) is 14.3. The molecule has 180 valence electrons. The fourth-order valence-corrected chi connectivity index (χ4v) is 4.91. The monoisotopic (exact) mass is 470 g/mol. The first-order valence-electron chi connectivity index (χ1n) is 9.91. The van der Waals surface area contributed by atoms with E-state index in [9.17, 15) is 28.9 Å². The second kappa shape index (κ2) is 11.9. The predicted octanol–water partition coefficient (Wildman–Crippen LogP) is 1.83. The Morgan fingerprint density at radius 3 is 1.87 bits per heavy atom. The fourth-order valence-electron chi connectivity index (χ4n) is 3.98. The van der Waals surface area contributed by atoms with Crippen LogP contribution >= 0.6 is 7.82 Å². The molecule has 1 rings (SSSR count). The van der Waals surface area contributed by atoms with E-state index in [4.69, 9.17) is 29.1 Å². The van der Waals surface area contributed by atoms with Gasteiger partial charge in [0.2, 0.25) is 0 Å². The van der Waals surface area contributed by atoms with Crippen molar-refractivity contribution in [1.82, 2.24) is 0 Å². The molecule has 0 saturated carbocycles. The van der Waals surface area contributed by atoms with Crippen LogP contribution in [0.15, 0.2) is 0 Å². The lowest BCUT2D eigenvalue weighted by atomic mass is 9.64. The molecule has 4 unspecified atom stereocenters. The number of hydrogen-bond acceptors (Lipinski definition) is 8. The van der Waals surface area contributed by atoms with Crippen LogP contribution in [-0.4, -0.2) is 68.3 Å². The minimum absolute atomic E-state index is 0.0341. The van der Waals surface area contributed by atoms with Crippen LogP contribution in [0.1, 0.15) is 58.8 Å². The molecule has 0 spiro atoms. The number of phosphoric ester groups is 1. The number of hydrogen-bond donors (Lipinski definition) is 5. The lowest BCUT2D eigenvalue weighted by Gasteiger charge is -2.41. The number of rotatable bonds is 15. The largest absolute Gasteiger partial charge is 0.481 e. The summed E-state index contributed by atoms with van der Waals surface area (Å²) in [6.07, 6.45) is -4.17. The van der Waals surface area contributed by atoms with Crippen molar-refractivity contribution in [2.75, 3.05) is 6.61 Å². The second-order valence-corrected chi connectivity index (χ2v) is 9.34. The highest BCUT2D eigenvalue weighted by Crippen LogP contribution is 2.51. The zero-order valence-corrected chi connectivity index (χ0v) is 18.4. The summed E-state index contributed by atoms with van der Waals surface area (Å²) in [4.78, 5) is 43.4. The molecule has 0 aliphatic carbocycles. The molecule has 1 saturated heterocycles. The Hall–Kier alpha value is -1.56. The van der Waals surface area contributed by atoms with Gasteiger partial charge >= 0.3 is 25.7 Å². The SMILES string of the molecule is CC(C)OP(=O)(O)OCC1OC(O)CC1C(CCC(=O)O)(CCC(=O)O)CCC(=O)O. The number of aliphatic carboxylic acids is 3. The van der Waals surface area contributed by atoms with Crippen molar-refractivity contribution in [3.05, 3.63) is 0 Å². The predicted molar refractivity (Wildman–Crippen MR) is 104 cm³/mol. The van der Waals surface area contributed by atoms with Crippen molar-refractivity contribution in [3.63, 3.8) is 0 Å². The van der Waals surface area contributed by atoms with Gasteiger partial charge in [-0.25, -0.2) is 4.57 Å². The molecule has 0 radical (unpaired) electrons. The van der Waals surface area contributed by atoms with E-state index in [0.29, 0.717) is 0 Å². The number of aliphatic hydroxyl groups is 1. The number of phosphoric acid groups is 1. The minimum atomic E-state index is -4.44. The van der Waals surface area contributed by atoms with Gasteiger partial charge in [0, 0.05) is 25.7 Å². The van der Waals surface area contributed by atoms with Crippen LogP contribution in [0.3, 0.4) is 0 Å². The number of carboxylic acids is 3. The molecular weight excluding hydrogens is 439 g/mol. The van der Waals surface area contributed by atoms with Gasteiger partial charge in [-0.3, -0.25) is 23.4 Å². The molecule has 31 heavy (non-hydrogen) atoms. The van der Waals surface area contributed by atoms with Crippen molar-refractivity contribution in [3.8, 4) is 0 Å². The van der Waals surface area contributed by atoms with E-state index in [1.54, 1.807) is 0 Å². The molecule has 0 aromatic heterocycles. The lowest BCUT2D eigenvalue weighted by molar-refractivity contribution is -0.140. The van der Waals surface area contributed by atoms with Crippen molar-refractivity contribution in [2.24, 2.45) is 11.3 Å². The van der Waals surface area contributed by atoms with E-state index in [1.807, 2.05) is 0 Å². The maximum atomic E-state index is 12.0. The van der Waals surface area contributed by atoms with Gasteiger partial charge in [-0.2, -0.15) is 0 Å². The molecule has 1 aliphatic heterocycles. The fraction of sp³-hybridized carbons (Fsp3) is 0.833. The molecule has 0 amide bonds. The van der Waals surface area contributed by atoms with E-state index in [1.165, 1.54) is 13.8 Å². The number of ether oxygens (including phenoxy) is 1. The van der Waals surface area contributed by atoms with Crippen LogP contribution in [-0.2, 0) is 32.7 Å². The van der Waals surface area contributed by atoms with Crippen molar-refractivity contribution in [1.29, 1.82) is 0 Å². The van der Waals surface area contributed by atoms with Crippen molar-refractivity contribution < 1.29 is 58.1 Å². The summed E-state index contributed by atoms with van der Waals surface area (Å²) in [5.74, 6) is -4.15. The van der Waals surface area contributed by atoms with E-state index >= 15 is 0 Å². The third-order valence-electron chi connectivity index (χ3n) is 5.28. The van der Waals surface area contributed by atoms with E-state index in [0.717, 1.165) is 0 Å². The van der Waals surface area contributed by atoms with Gasteiger partial charge in [0.1, 0.15) is 0 Å². The maximum Gasteiger partial charge on any atom is 0.472 e. The lowest BCUT2D eigenvalue weighted by Crippen LogP contribution is -2.39. The van der Waals surface area contributed by atoms with E-state index in [2.05, 4.69) is 0 Å². The van der Waals surface area contributed by atoms with Crippen molar-refractivity contribution in [2.45, 2.75) is 77.3 Å². The zero-order chi connectivity index (χ0) is 23.8. The van der Waals surface area contributed by atoms with Crippen LogP contribution < -0.4 is 0 Å². The Labute approximate surface area is 179 Å². The summed E-state index contributed by atoms with van der Waals surface area (Å²) < 4.78 is 27.2. The topological polar surface area (TPSA) is 197 Å². The van der Waals surface area contributed by atoms with Crippen molar-refractivity contribution >= 4 is 25.7 Å². The first kappa shape index (κ1) is 27.5. The normalized spacial score (nSPS) is 23.6. The Morgan fingerprint density at radius 2 is 1.48 bits per heavy atom. The Morgan fingerprint density at radius 1 is 1.03 bits per heavy atom. The average Bonchev–Trinajstić information content (AvgIpc) is 2.99. The molecule has 0 aromatic rings. The molecule has 12 nitrogen and oxygen atoms in total. The molecule has 1 fully saturated rings. The first-order valence-corrected chi connectivity index (χ1v) is 11.4. The van der Waals surface area contributed by atoms with Gasteiger partial charge < -0.3 is 30.1 Å².